The molecule has 0 aromatic heterocycles. The molecule has 0 aliphatic carbocycles. The number of sulfonamides is 1. The maximum Gasteiger partial charge on any atom is 0.247 e. The van der Waals surface area contributed by atoms with Crippen LogP contribution in [0, 0.1) is 0 Å². The molecule has 1 aliphatic heterocycles. The molecule has 1 atom stereocenters. The third-order valence-electron chi connectivity index (χ3n) is 3.53. The first kappa shape index (κ1) is 15.6. The van der Waals surface area contributed by atoms with E-state index < -0.39 is 10.0 Å². The van der Waals surface area contributed by atoms with Crippen molar-refractivity contribution >= 4 is 21.6 Å². The minimum absolute atomic E-state index is 0.0159. The van der Waals surface area contributed by atoms with Crippen LogP contribution in [-0.4, -0.2) is 31.9 Å². The molecule has 1 aromatic carbocycles. The van der Waals surface area contributed by atoms with Crippen LogP contribution in [0.3, 0.4) is 0 Å². The lowest BCUT2D eigenvalue weighted by Crippen LogP contribution is -2.42. The first-order valence-corrected chi connectivity index (χ1v) is 8.73. The van der Waals surface area contributed by atoms with Gasteiger partial charge in [0.2, 0.25) is 10.0 Å². The molecule has 20 heavy (non-hydrogen) atoms. The van der Waals surface area contributed by atoms with Crippen LogP contribution >= 0.6 is 11.6 Å². The lowest BCUT2D eigenvalue weighted by molar-refractivity contribution is 0.266. The Morgan fingerprint density at radius 1 is 1.40 bits per heavy atom. The average Bonchev–Trinajstić information content (AvgIpc) is 2.41. The number of hydrogen-bond acceptors (Lipinski definition) is 3. The Kier molecular flexibility index (Phi) is 4.94. The lowest BCUT2D eigenvalue weighted by atomic mass is 10.1. The standard InChI is InChI=1S/C14H20ClNO3S/c1-3-19-13-8-7-12(15)10-14(13)20(17,18)16-9-5-4-6-11(16)2/h7-8,10-11H,3-6,9H2,1-2H3/t11-/m0/s1. The molecule has 0 bridgehead atoms. The van der Waals surface area contributed by atoms with E-state index >= 15 is 0 Å². The first-order chi connectivity index (χ1) is 9.46. The minimum Gasteiger partial charge on any atom is -0.492 e. The number of piperidine rings is 1. The van der Waals surface area contributed by atoms with Gasteiger partial charge in [0, 0.05) is 17.6 Å². The summed E-state index contributed by atoms with van der Waals surface area (Å²) in [6.07, 6.45) is 2.86. The molecule has 6 heteroatoms. The summed E-state index contributed by atoms with van der Waals surface area (Å²) in [6.45, 7) is 4.75. The van der Waals surface area contributed by atoms with Crippen molar-refractivity contribution in [1.29, 1.82) is 0 Å². The molecular weight excluding hydrogens is 298 g/mol. The SMILES string of the molecule is CCOc1ccc(Cl)cc1S(=O)(=O)N1CCCC[C@@H]1C. The average molecular weight is 318 g/mol. The smallest absolute Gasteiger partial charge is 0.247 e. The number of rotatable bonds is 4. The second-order valence-electron chi connectivity index (χ2n) is 4.98. The Labute approximate surface area is 125 Å². The third kappa shape index (κ3) is 3.10. The van der Waals surface area contributed by atoms with Crippen LogP contribution in [0.1, 0.15) is 33.1 Å². The minimum atomic E-state index is -3.56. The van der Waals surface area contributed by atoms with Crippen molar-refractivity contribution in [3.8, 4) is 5.75 Å². The monoisotopic (exact) mass is 317 g/mol. The van der Waals surface area contributed by atoms with E-state index in [0.29, 0.717) is 23.9 Å². The summed E-state index contributed by atoms with van der Waals surface area (Å²) in [5, 5.41) is 0.400. The van der Waals surface area contributed by atoms with Gasteiger partial charge in [-0.25, -0.2) is 8.42 Å². The highest BCUT2D eigenvalue weighted by atomic mass is 35.5. The molecular formula is C14H20ClNO3S. The molecule has 2 rings (SSSR count). The van der Waals surface area contributed by atoms with Gasteiger partial charge in [-0.2, -0.15) is 4.31 Å². The summed E-state index contributed by atoms with van der Waals surface area (Å²) in [4.78, 5) is 0.167. The van der Waals surface area contributed by atoms with E-state index in [1.54, 1.807) is 16.4 Å². The number of halogens is 1. The number of benzene rings is 1. The molecule has 0 unspecified atom stereocenters. The van der Waals surface area contributed by atoms with Crippen molar-refractivity contribution in [2.24, 2.45) is 0 Å². The van der Waals surface area contributed by atoms with E-state index in [1.807, 2.05) is 13.8 Å². The fourth-order valence-corrected chi connectivity index (χ4v) is 4.61. The van der Waals surface area contributed by atoms with E-state index in [-0.39, 0.29) is 10.9 Å². The Bertz CT molecular complexity index is 574. The summed E-state index contributed by atoms with van der Waals surface area (Å²) in [6, 6.07) is 4.75. The predicted molar refractivity (Wildman–Crippen MR) is 79.8 cm³/mol. The van der Waals surface area contributed by atoms with Gasteiger partial charge in [0.1, 0.15) is 10.6 Å². The van der Waals surface area contributed by atoms with Crippen LogP contribution in [0.15, 0.2) is 23.1 Å². The zero-order chi connectivity index (χ0) is 14.8. The maximum atomic E-state index is 12.8. The molecule has 1 aliphatic rings. The predicted octanol–water partition coefficient (Wildman–Crippen LogP) is 3.30. The van der Waals surface area contributed by atoms with Crippen LogP contribution < -0.4 is 4.74 Å². The summed E-state index contributed by atoms with van der Waals surface area (Å²) in [5.74, 6) is 0.370. The normalized spacial score (nSPS) is 20.9. The highest BCUT2D eigenvalue weighted by Gasteiger charge is 2.33. The van der Waals surface area contributed by atoms with E-state index in [9.17, 15) is 8.42 Å². The fourth-order valence-electron chi connectivity index (χ4n) is 2.51. The van der Waals surface area contributed by atoms with Gasteiger partial charge in [0.15, 0.2) is 0 Å². The summed E-state index contributed by atoms with van der Waals surface area (Å²) in [7, 11) is -3.56. The highest BCUT2D eigenvalue weighted by Crippen LogP contribution is 2.32. The maximum absolute atomic E-state index is 12.8. The second-order valence-corrected chi connectivity index (χ2v) is 7.28. The van der Waals surface area contributed by atoms with E-state index in [2.05, 4.69) is 0 Å². The van der Waals surface area contributed by atoms with Crippen molar-refractivity contribution in [3.05, 3.63) is 23.2 Å². The number of nitrogens with zero attached hydrogens (tertiary/aromatic N) is 1. The van der Waals surface area contributed by atoms with Crippen molar-refractivity contribution in [2.45, 2.75) is 44.0 Å². The molecule has 1 aromatic rings. The summed E-state index contributed by atoms with van der Waals surface area (Å²) >= 11 is 5.96. The zero-order valence-corrected chi connectivity index (χ0v) is 13.4. The van der Waals surface area contributed by atoms with Gasteiger partial charge in [-0.1, -0.05) is 18.0 Å². The Morgan fingerprint density at radius 3 is 2.80 bits per heavy atom. The molecule has 0 amide bonds. The Morgan fingerprint density at radius 2 is 2.15 bits per heavy atom. The van der Waals surface area contributed by atoms with E-state index in [4.69, 9.17) is 16.3 Å². The molecule has 0 N–H and O–H groups in total. The Balaban J connectivity index is 2.44. The molecule has 1 heterocycles. The van der Waals surface area contributed by atoms with Crippen LogP contribution in [0.4, 0.5) is 0 Å². The first-order valence-electron chi connectivity index (χ1n) is 6.91. The van der Waals surface area contributed by atoms with Crippen LogP contribution in [-0.2, 0) is 10.0 Å². The summed E-state index contributed by atoms with van der Waals surface area (Å²) in [5.41, 5.74) is 0. The van der Waals surface area contributed by atoms with Crippen molar-refractivity contribution in [1.82, 2.24) is 4.31 Å². The van der Waals surface area contributed by atoms with Gasteiger partial charge in [-0.05, 0) is 44.9 Å². The Hall–Kier alpha value is -0.780. The summed E-state index contributed by atoms with van der Waals surface area (Å²) < 4.78 is 32.7. The van der Waals surface area contributed by atoms with Gasteiger partial charge >= 0.3 is 0 Å². The fraction of sp³-hybridized carbons (Fsp3) is 0.571. The molecule has 1 saturated heterocycles. The van der Waals surface area contributed by atoms with E-state index in [0.717, 1.165) is 19.3 Å². The zero-order valence-electron chi connectivity index (χ0n) is 11.8. The quantitative estimate of drug-likeness (QED) is 0.856. The molecule has 1 fully saturated rings. The topological polar surface area (TPSA) is 46.6 Å². The third-order valence-corrected chi connectivity index (χ3v) is 5.80. The van der Waals surface area contributed by atoms with Gasteiger partial charge in [-0.3, -0.25) is 0 Å². The number of ether oxygens (including phenoxy) is 1. The molecule has 4 nitrogen and oxygen atoms in total. The second kappa shape index (κ2) is 6.33. The molecule has 0 saturated carbocycles. The molecule has 112 valence electrons. The van der Waals surface area contributed by atoms with Crippen molar-refractivity contribution < 1.29 is 13.2 Å². The van der Waals surface area contributed by atoms with Crippen molar-refractivity contribution in [2.75, 3.05) is 13.2 Å². The van der Waals surface area contributed by atoms with Gasteiger partial charge in [0.05, 0.1) is 6.61 Å². The van der Waals surface area contributed by atoms with Crippen LogP contribution in [0.25, 0.3) is 0 Å². The largest absolute Gasteiger partial charge is 0.492 e. The van der Waals surface area contributed by atoms with Crippen molar-refractivity contribution in [3.63, 3.8) is 0 Å². The van der Waals surface area contributed by atoms with Gasteiger partial charge < -0.3 is 4.74 Å². The van der Waals surface area contributed by atoms with E-state index in [1.165, 1.54) is 6.07 Å². The van der Waals surface area contributed by atoms with Crippen LogP contribution in [0.5, 0.6) is 5.75 Å². The van der Waals surface area contributed by atoms with Gasteiger partial charge in [0.25, 0.3) is 0 Å². The molecule has 0 radical (unpaired) electrons. The van der Waals surface area contributed by atoms with Crippen LogP contribution in [0.2, 0.25) is 5.02 Å². The number of hydrogen-bond donors (Lipinski definition) is 0. The highest BCUT2D eigenvalue weighted by molar-refractivity contribution is 7.89. The van der Waals surface area contributed by atoms with Gasteiger partial charge in [-0.15, -0.1) is 0 Å². The molecule has 0 spiro atoms. The lowest BCUT2D eigenvalue weighted by Gasteiger charge is -2.32.